The molecule has 0 bridgehead atoms. The Morgan fingerprint density at radius 3 is 2.65 bits per heavy atom. The summed E-state index contributed by atoms with van der Waals surface area (Å²) in [5.74, 6) is 0.873. The predicted octanol–water partition coefficient (Wildman–Crippen LogP) is 2.43. The van der Waals surface area contributed by atoms with Crippen LogP contribution in [0.2, 0.25) is 0 Å². The summed E-state index contributed by atoms with van der Waals surface area (Å²) in [5.41, 5.74) is 0.430. The number of likely N-dealkylation sites (tertiary alicyclic amines) is 1. The summed E-state index contributed by atoms with van der Waals surface area (Å²) in [4.78, 5) is 5.14. The fraction of sp³-hybridized carbons (Fsp3) is 1.00. The van der Waals surface area contributed by atoms with E-state index in [1.807, 2.05) is 0 Å². The molecule has 2 aliphatic rings. The molecule has 3 unspecified atom stereocenters. The average Bonchev–Trinajstić information content (AvgIpc) is 2.77. The molecule has 0 spiro atoms. The smallest absolute Gasteiger partial charge is 0.0274 e. The second kappa shape index (κ2) is 6.76. The highest BCUT2D eigenvalue weighted by molar-refractivity contribution is 4.98. The van der Waals surface area contributed by atoms with Crippen molar-refractivity contribution in [1.29, 1.82) is 0 Å². The average molecular weight is 281 g/mol. The Morgan fingerprint density at radius 2 is 2.05 bits per heavy atom. The molecule has 0 amide bonds. The number of rotatable bonds is 5. The Morgan fingerprint density at radius 1 is 1.30 bits per heavy atom. The number of nitrogens with one attached hydrogen (secondary N) is 1. The summed E-state index contributed by atoms with van der Waals surface area (Å²) in [6, 6.07) is 1.36. The Labute approximate surface area is 126 Å². The molecule has 0 radical (unpaired) electrons. The second-order valence-electron chi connectivity index (χ2n) is 7.84. The summed E-state index contributed by atoms with van der Waals surface area (Å²) in [5, 5.41) is 3.79. The van der Waals surface area contributed by atoms with Crippen molar-refractivity contribution < 1.29 is 0 Å². The van der Waals surface area contributed by atoms with Gasteiger partial charge in [-0.2, -0.15) is 0 Å². The Balaban J connectivity index is 1.96. The fourth-order valence-electron chi connectivity index (χ4n) is 4.43. The summed E-state index contributed by atoms with van der Waals surface area (Å²) >= 11 is 0. The molecule has 1 N–H and O–H groups in total. The lowest BCUT2D eigenvalue weighted by Crippen LogP contribution is -2.58. The SMILES string of the molecule is CCNC1C(N(C)CC2CCN(C)C2)CCCC1(C)C. The van der Waals surface area contributed by atoms with Crippen LogP contribution in [0.1, 0.15) is 46.5 Å². The topological polar surface area (TPSA) is 18.5 Å². The first-order valence-electron chi connectivity index (χ1n) is 8.56. The van der Waals surface area contributed by atoms with Gasteiger partial charge in [-0.3, -0.25) is 0 Å². The van der Waals surface area contributed by atoms with Crippen molar-refractivity contribution in [1.82, 2.24) is 15.1 Å². The third-order valence-corrected chi connectivity index (χ3v) is 5.57. The second-order valence-corrected chi connectivity index (χ2v) is 7.84. The van der Waals surface area contributed by atoms with Gasteiger partial charge in [0.1, 0.15) is 0 Å². The number of hydrogen-bond acceptors (Lipinski definition) is 3. The molecular weight excluding hydrogens is 246 g/mol. The molecule has 3 atom stereocenters. The van der Waals surface area contributed by atoms with Crippen LogP contribution in [0.15, 0.2) is 0 Å². The monoisotopic (exact) mass is 281 g/mol. The maximum atomic E-state index is 3.79. The zero-order valence-corrected chi connectivity index (χ0v) is 14.3. The molecule has 2 rings (SSSR count). The van der Waals surface area contributed by atoms with E-state index in [-0.39, 0.29) is 0 Å². The largest absolute Gasteiger partial charge is 0.312 e. The lowest BCUT2D eigenvalue weighted by Gasteiger charge is -2.48. The highest BCUT2D eigenvalue weighted by Gasteiger charge is 2.40. The van der Waals surface area contributed by atoms with Crippen LogP contribution in [0.4, 0.5) is 0 Å². The first-order chi connectivity index (χ1) is 9.44. The minimum Gasteiger partial charge on any atom is -0.312 e. The van der Waals surface area contributed by atoms with Crippen molar-refractivity contribution in [2.24, 2.45) is 11.3 Å². The van der Waals surface area contributed by atoms with E-state index >= 15 is 0 Å². The normalized spacial score (nSPS) is 34.8. The van der Waals surface area contributed by atoms with Crippen LogP contribution in [-0.2, 0) is 0 Å². The van der Waals surface area contributed by atoms with Gasteiger partial charge in [0.25, 0.3) is 0 Å². The first-order valence-corrected chi connectivity index (χ1v) is 8.56. The molecule has 2 fully saturated rings. The highest BCUT2D eigenvalue weighted by Crippen LogP contribution is 2.37. The quantitative estimate of drug-likeness (QED) is 0.835. The van der Waals surface area contributed by atoms with Crippen molar-refractivity contribution in [2.75, 3.05) is 40.3 Å². The van der Waals surface area contributed by atoms with Gasteiger partial charge in [-0.05, 0) is 57.8 Å². The van der Waals surface area contributed by atoms with Gasteiger partial charge in [0.05, 0.1) is 0 Å². The van der Waals surface area contributed by atoms with Crippen molar-refractivity contribution in [3.63, 3.8) is 0 Å². The molecule has 0 aromatic carbocycles. The van der Waals surface area contributed by atoms with E-state index in [9.17, 15) is 0 Å². The van der Waals surface area contributed by atoms with E-state index in [1.54, 1.807) is 0 Å². The zero-order valence-electron chi connectivity index (χ0n) is 14.3. The summed E-state index contributed by atoms with van der Waals surface area (Å²) in [7, 11) is 4.61. The maximum Gasteiger partial charge on any atom is 0.0274 e. The molecule has 1 aliphatic carbocycles. The third kappa shape index (κ3) is 3.75. The van der Waals surface area contributed by atoms with Gasteiger partial charge in [-0.1, -0.05) is 27.2 Å². The molecule has 3 heteroatoms. The molecule has 1 aliphatic heterocycles. The van der Waals surface area contributed by atoms with E-state index in [4.69, 9.17) is 0 Å². The summed E-state index contributed by atoms with van der Waals surface area (Å²) in [6.45, 7) is 12.1. The molecule has 3 nitrogen and oxygen atoms in total. The van der Waals surface area contributed by atoms with Gasteiger partial charge in [-0.15, -0.1) is 0 Å². The molecule has 1 saturated carbocycles. The predicted molar refractivity (Wildman–Crippen MR) is 87.1 cm³/mol. The molecule has 118 valence electrons. The van der Waals surface area contributed by atoms with E-state index in [1.165, 1.54) is 45.3 Å². The molecule has 0 aromatic rings. The van der Waals surface area contributed by atoms with Crippen LogP contribution in [0.3, 0.4) is 0 Å². The zero-order chi connectivity index (χ0) is 14.8. The van der Waals surface area contributed by atoms with Crippen molar-refractivity contribution in [3.8, 4) is 0 Å². The van der Waals surface area contributed by atoms with E-state index in [2.05, 4.69) is 50.0 Å². The van der Waals surface area contributed by atoms with Crippen LogP contribution in [0, 0.1) is 11.3 Å². The standard InChI is InChI=1S/C17H35N3/c1-6-18-16-15(8-7-10-17(16,2)3)20(5)13-14-9-11-19(4)12-14/h14-16,18H,6-13H2,1-5H3. The van der Waals surface area contributed by atoms with Crippen molar-refractivity contribution in [3.05, 3.63) is 0 Å². The summed E-state index contributed by atoms with van der Waals surface area (Å²) in [6.07, 6.45) is 5.48. The van der Waals surface area contributed by atoms with Gasteiger partial charge < -0.3 is 15.1 Å². The minimum absolute atomic E-state index is 0.430. The van der Waals surface area contributed by atoms with E-state index < -0.39 is 0 Å². The minimum atomic E-state index is 0.430. The van der Waals surface area contributed by atoms with Crippen molar-refractivity contribution >= 4 is 0 Å². The number of nitrogens with zero attached hydrogens (tertiary/aromatic N) is 2. The Bertz CT molecular complexity index is 303. The molecular formula is C17H35N3. The van der Waals surface area contributed by atoms with Gasteiger partial charge in [0.2, 0.25) is 0 Å². The van der Waals surface area contributed by atoms with Gasteiger partial charge >= 0.3 is 0 Å². The fourth-order valence-corrected chi connectivity index (χ4v) is 4.43. The molecule has 1 saturated heterocycles. The molecule has 1 heterocycles. The van der Waals surface area contributed by atoms with Gasteiger partial charge in [-0.25, -0.2) is 0 Å². The van der Waals surface area contributed by atoms with E-state index in [0.29, 0.717) is 17.5 Å². The third-order valence-electron chi connectivity index (χ3n) is 5.57. The van der Waals surface area contributed by atoms with Crippen LogP contribution < -0.4 is 5.32 Å². The Kier molecular flexibility index (Phi) is 5.49. The molecule has 20 heavy (non-hydrogen) atoms. The van der Waals surface area contributed by atoms with Crippen molar-refractivity contribution in [2.45, 2.75) is 58.5 Å². The van der Waals surface area contributed by atoms with Crippen LogP contribution in [0.5, 0.6) is 0 Å². The van der Waals surface area contributed by atoms with Crippen LogP contribution in [0.25, 0.3) is 0 Å². The lowest BCUT2D eigenvalue weighted by atomic mass is 9.70. The van der Waals surface area contributed by atoms with Crippen LogP contribution >= 0.6 is 0 Å². The van der Waals surface area contributed by atoms with E-state index in [0.717, 1.165) is 12.5 Å². The van der Waals surface area contributed by atoms with Gasteiger partial charge in [0.15, 0.2) is 0 Å². The maximum absolute atomic E-state index is 3.79. The number of likely N-dealkylation sites (N-methyl/N-ethyl adjacent to an activating group) is 2. The summed E-state index contributed by atoms with van der Waals surface area (Å²) < 4.78 is 0. The van der Waals surface area contributed by atoms with Crippen LogP contribution in [-0.4, -0.2) is 62.2 Å². The Hall–Kier alpha value is -0.120. The first kappa shape index (κ1) is 16.3. The molecule has 0 aromatic heterocycles. The lowest BCUT2D eigenvalue weighted by molar-refractivity contribution is 0.0561. The highest BCUT2D eigenvalue weighted by atomic mass is 15.2. The van der Waals surface area contributed by atoms with Gasteiger partial charge in [0, 0.05) is 25.2 Å². The number of hydrogen-bond donors (Lipinski definition) is 1.